The van der Waals surface area contributed by atoms with Crippen molar-refractivity contribution < 1.29 is 9.72 Å². The first-order chi connectivity index (χ1) is 6.90. The number of hydrogen-bond acceptors (Lipinski definition) is 3. The molecule has 0 spiro atoms. The zero-order chi connectivity index (χ0) is 11.6. The van der Waals surface area contributed by atoms with Crippen LogP contribution in [0.15, 0.2) is 18.2 Å². The van der Waals surface area contributed by atoms with E-state index in [2.05, 4.69) is 0 Å². The van der Waals surface area contributed by atoms with Crippen LogP contribution in [0.25, 0.3) is 0 Å². The van der Waals surface area contributed by atoms with E-state index in [-0.39, 0.29) is 5.69 Å². The van der Waals surface area contributed by atoms with Crippen molar-refractivity contribution >= 4 is 12.0 Å². The molecular weight excluding hydrogens is 194 g/mol. The number of nitro benzene ring substituents is 1. The van der Waals surface area contributed by atoms with Crippen LogP contribution in [0, 0.1) is 17.0 Å². The number of aldehydes is 1. The van der Waals surface area contributed by atoms with E-state index >= 15 is 0 Å². The maximum Gasteiger partial charge on any atom is 0.272 e. The monoisotopic (exact) mass is 207 g/mol. The summed E-state index contributed by atoms with van der Waals surface area (Å²) in [6, 6.07) is 4.79. The molecule has 0 unspecified atom stereocenters. The van der Waals surface area contributed by atoms with Crippen molar-refractivity contribution in [3.8, 4) is 0 Å². The Balaban J connectivity index is 3.39. The molecule has 15 heavy (non-hydrogen) atoms. The van der Waals surface area contributed by atoms with Gasteiger partial charge in [-0.05, 0) is 26.3 Å². The number of nitro groups is 1. The molecule has 1 rings (SSSR count). The Morgan fingerprint density at radius 3 is 2.47 bits per heavy atom. The highest BCUT2D eigenvalue weighted by molar-refractivity contribution is 5.69. The van der Waals surface area contributed by atoms with Crippen molar-refractivity contribution in [2.45, 2.75) is 26.2 Å². The van der Waals surface area contributed by atoms with E-state index in [0.717, 1.165) is 6.29 Å². The summed E-state index contributed by atoms with van der Waals surface area (Å²) in [7, 11) is 0. The van der Waals surface area contributed by atoms with Gasteiger partial charge >= 0.3 is 0 Å². The summed E-state index contributed by atoms with van der Waals surface area (Å²) in [6.45, 7) is 5.15. The standard InChI is InChI=1S/C11H13NO3/c1-8-9(11(2,3)7-13)5-4-6-10(8)12(14)15/h4-7H,1-3H3. The molecule has 4 nitrogen and oxygen atoms in total. The second-order valence-corrected chi connectivity index (χ2v) is 4.05. The smallest absolute Gasteiger partial charge is 0.272 e. The molecule has 0 amide bonds. The number of nitrogens with zero attached hydrogens (tertiary/aromatic N) is 1. The van der Waals surface area contributed by atoms with Gasteiger partial charge in [0.05, 0.1) is 4.92 Å². The van der Waals surface area contributed by atoms with E-state index < -0.39 is 10.3 Å². The number of hydrogen-bond donors (Lipinski definition) is 0. The highest BCUT2D eigenvalue weighted by Gasteiger charge is 2.25. The quantitative estimate of drug-likeness (QED) is 0.434. The molecule has 1 aromatic rings. The summed E-state index contributed by atoms with van der Waals surface area (Å²) in [5.74, 6) is 0. The van der Waals surface area contributed by atoms with E-state index in [1.165, 1.54) is 6.07 Å². The molecule has 0 aromatic heterocycles. The summed E-state index contributed by atoms with van der Waals surface area (Å²) in [5.41, 5.74) is 0.629. The van der Waals surface area contributed by atoms with Gasteiger partial charge in [0.1, 0.15) is 6.29 Å². The van der Waals surface area contributed by atoms with Crippen LogP contribution in [-0.2, 0) is 10.2 Å². The lowest BCUT2D eigenvalue weighted by molar-refractivity contribution is -0.385. The molecule has 0 atom stereocenters. The number of benzene rings is 1. The molecule has 0 radical (unpaired) electrons. The van der Waals surface area contributed by atoms with E-state index in [1.807, 2.05) is 0 Å². The average Bonchev–Trinajstić information content (AvgIpc) is 2.17. The predicted molar refractivity (Wildman–Crippen MR) is 56.9 cm³/mol. The third-order valence-corrected chi connectivity index (χ3v) is 2.49. The maximum atomic E-state index is 10.9. The van der Waals surface area contributed by atoms with Gasteiger partial charge in [-0.1, -0.05) is 12.1 Å². The second-order valence-electron chi connectivity index (χ2n) is 4.05. The zero-order valence-electron chi connectivity index (χ0n) is 8.98. The molecule has 0 saturated heterocycles. The van der Waals surface area contributed by atoms with Crippen LogP contribution in [0.2, 0.25) is 0 Å². The molecule has 0 saturated carbocycles. The first-order valence-corrected chi connectivity index (χ1v) is 4.61. The van der Waals surface area contributed by atoms with Crippen molar-refractivity contribution in [3.63, 3.8) is 0 Å². The normalized spacial score (nSPS) is 11.1. The van der Waals surface area contributed by atoms with E-state index in [4.69, 9.17) is 0 Å². The van der Waals surface area contributed by atoms with Gasteiger partial charge in [0, 0.05) is 17.0 Å². The molecule has 4 heteroatoms. The molecule has 0 N–H and O–H groups in total. The highest BCUT2D eigenvalue weighted by Crippen LogP contribution is 2.29. The van der Waals surface area contributed by atoms with Crippen LogP contribution in [0.3, 0.4) is 0 Å². The fourth-order valence-corrected chi connectivity index (χ4v) is 1.58. The Morgan fingerprint density at radius 1 is 1.40 bits per heavy atom. The minimum atomic E-state index is -0.684. The minimum Gasteiger partial charge on any atom is -0.302 e. The highest BCUT2D eigenvalue weighted by atomic mass is 16.6. The van der Waals surface area contributed by atoms with E-state index in [9.17, 15) is 14.9 Å². The van der Waals surface area contributed by atoms with Gasteiger partial charge in [-0.25, -0.2) is 0 Å². The maximum absolute atomic E-state index is 10.9. The lowest BCUT2D eigenvalue weighted by Crippen LogP contribution is -2.20. The lowest BCUT2D eigenvalue weighted by atomic mass is 9.83. The predicted octanol–water partition coefficient (Wildman–Crippen LogP) is 2.38. The molecule has 0 aliphatic rings. The Labute approximate surface area is 88.1 Å². The van der Waals surface area contributed by atoms with E-state index in [0.29, 0.717) is 11.1 Å². The van der Waals surface area contributed by atoms with Gasteiger partial charge < -0.3 is 4.79 Å². The Bertz CT molecular complexity index is 410. The molecule has 0 aliphatic carbocycles. The van der Waals surface area contributed by atoms with Gasteiger partial charge in [0.2, 0.25) is 0 Å². The number of rotatable bonds is 3. The largest absolute Gasteiger partial charge is 0.302 e. The molecule has 0 heterocycles. The summed E-state index contributed by atoms with van der Waals surface area (Å²) in [5, 5.41) is 10.7. The Hall–Kier alpha value is -1.71. The van der Waals surface area contributed by atoms with Crippen molar-refractivity contribution in [1.29, 1.82) is 0 Å². The van der Waals surface area contributed by atoms with Crippen molar-refractivity contribution in [2.75, 3.05) is 0 Å². The molecular formula is C11H13NO3. The number of carbonyl (C=O) groups excluding carboxylic acids is 1. The van der Waals surface area contributed by atoms with Crippen LogP contribution >= 0.6 is 0 Å². The summed E-state index contributed by atoms with van der Waals surface area (Å²) >= 11 is 0. The Morgan fingerprint density at radius 2 is 2.00 bits per heavy atom. The van der Waals surface area contributed by atoms with Crippen LogP contribution in [0.4, 0.5) is 5.69 Å². The van der Waals surface area contributed by atoms with Crippen molar-refractivity contribution in [3.05, 3.63) is 39.4 Å². The van der Waals surface area contributed by atoms with Gasteiger partial charge in [0.15, 0.2) is 0 Å². The number of carbonyl (C=O) groups is 1. The first kappa shape index (κ1) is 11.4. The fraction of sp³-hybridized carbons (Fsp3) is 0.364. The molecule has 0 bridgehead atoms. The Kier molecular flexibility index (Phi) is 2.88. The topological polar surface area (TPSA) is 60.2 Å². The molecule has 0 fully saturated rings. The molecule has 80 valence electrons. The summed E-state index contributed by atoms with van der Waals surface area (Å²) < 4.78 is 0. The van der Waals surface area contributed by atoms with Crippen LogP contribution in [0.1, 0.15) is 25.0 Å². The van der Waals surface area contributed by atoms with Crippen LogP contribution in [0.5, 0.6) is 0 Å². The third kappa shape index (κ3) is 2.03. The van der Waals surface area contributed by atoms with E-state index in [1.54, 1.807) is 32.9 Å². The van der Waals surface area contributed by atoms with Gasteiger partial charge in [-0.15, -0.1) is 0 Å². The molecule has 0 aliphatic heterocycles. The SMILES string of the molecule is Cc1c([N+](=O)[O-])cccc1C(C)(C)C=O. The van der Waals surface area contributed by atoms with Crippen LogP contribution in [-0.4, -0.2) is 11.2 Å². The average molecular weight is 207 g/mol. The third-order valence-electron chi connectivity index (χ3n) is 2.49. The van der Waals surface area contributed by atoms with Gasteiger partial charge in [-0.3, -0.25) is 10.1 Å². The molecule has 1 aromatic carbocycles. The zero-order valence-corrected chi connectivity index (χ0v) is 8.98. The fourth-order valence-electron chi connectivity index (χ4n) is 1.58. The minimum absolute atomic E-state index is 0.0578. The second kappa shape index (κ2) is 3.81. The summed E-state index contributed by atoms with van der Waals surface area (Å²) in [4.78, 5) is 21.2. The van der Waals surface area contributed by atoms with Crippen molar-refractivity contribution in [1.82, 2.24) is 0 Å². The van der Waals surface area contributed by atoms with Crippen molar-refractivity contribution in [2.24, 2.45) is 0 Å². The first-order valence-electron chi connectivity index (χ1n) is 4.61. The van der Waals surface area contributed by atoms with Gasteiger partial charge in [-0.2, -0.15) is 0 Å². The van der Waals surface area contributed by atoms with Gasteiger partial charge in [0.25, 0.3) is 5.69 Å². The van der Waals surface area contributed by atoms with Crippen LogP contribution < -0.4 is 0 Å². The summed E-state index contributed by atoms with van der Waals surface area (Å²) in [6.07, 6.45) is 0.805. The lowest BCUT2D eigenvalue weighted by Gasteiger charge is -2.19.